The lowest BCUT2D eigenvalue weighted by atomic mass is 9.97. The molecule has 0 aliphatic rings. The molecule has 1 aromatic rings. The fourth-order valence-electron chi connectivity index (χ4n) is 2.07. The number of hydrogen-bond acceptors (Lipinski definition) is 6. The molecule has 0 heterocycles. The number of carbonyl (C=O) groups excluding carboxylic acids is 1. The van der Waals surface area contributed by atoms with Crippen LogP contribution in [-0.2, 0) is 11.2 Å². The van der Waals surface area contributed by atoms with E-state index in [1.807, 2.05) is 0 Å². The largest absolute Gasteiger partial charge is 0.507 e. The number of anilines is 1. The fourth-order valence-corrected chi connectivity index (χ4v) is 2.07. The van der Waals surface area contributed by atoms with Crippen LogP contribution in [0.4, 0.5) is 11.4 Å². The summed E-state index contributed by atoms with van der Waals surface area (Å²) in [5, 5.41) is 24.5. The molecule has 1 aromatic carbocycles. The summed E-state index contributed by atoms with van der Waals surface area (Å²) < 4.78 is 4.91. The van der Waals surface area contributed by atoms with Crippen molar-refractivity contribution in [3.8, 4) is 5.75 Å². The highest BCUT2D eigenvalue weighted by molar-refractivity contribution is 5.99. The molecule has 0 aliphatic heterocycles. The average molecular weight is 308 g/mol. The third-order valence-corrected chi connectivity index (χ3v) is 3.04. The van der Waals surface area contributed by atoms with Gasteiger partial charge in [0.2, 0.25) is 0 Å². The highest BCUT2D eigenvalue weighted by Crippen LogP contribution is 2.39. The van der Waals surface area contributed by atoms with Gasteiger partial charge in [0, 0.05) is 25.3 Å². The Labute approximate surface area is 128 Å². The molecule has 0 saturated heterocycles. The van der Waals surface area contributed by atoms with Gasteiger partial charge in [-0.3, -0.25) is 14.9 Å². The number of ketones is 1. The van der Waals surface area contributed by atoms with Crippen LogP contribution in [-0.4, -0.2) is 36.1 Å². The number of carbonyl (C=O) groups is 1. The predicted molar refractivity (Wildman–Crippen MR) is 83.6 cm³/mol. The molecular weight excluding hydrogens is 288 g/mol. The predicted octanol–water partition coefficient (Wildman–Crippen LogP) is 2.68. The smallest absolute Gasteiger partial charge is 0.293 e. The number of benzene rings is 1. The SMILES string of the molecule is C=C(C)Cc1c(O)c(C(C)=O)cc([N+](=O)[O-])c1NCCOC. The van der Waals surface area contributed by atoms with Crippen LogP contribution in [0.25, 0.3) is 0 Å². The highest BCUT2D eigenvalue weighted by atomic mass is 16.6. The van der Waals surface area contributed by atoms with Crippen LogP contribution in [0, 0.1) is 10.1 Å². The molecule has 0 aliphatic carbocycles. The minimum atomic E-state index is -0.580. The van der Waals surface area contributed by atoms with Gasteiger partial charge >= 0.3 is 0 Å². The summed E-state index contributed by atoms with van der Waals surface area (Å²) in [6.07, 6.45) is 0.225. The summed E-state index contributed by atoms with van der Waals surface area (Å²) >= 11 is 0. The van der Waals surface area contributed by atoms with Crippen molar-refractivity contribution in [2.24, 2.45) is 0 Å². The number of phenols is 1. The van der Waals surface area contributed by atoms with Gasteiger partial charge in [0.25, 0.3) is 5.69 Å². The van der Waals surface area contributed by atoms with Crippen molar-refractivity contribution in [1.29, 1.82) is 0 Å². The quantitative estimate of drug-likeness (QED) is 0.252. The number of allylic oxidation sites excluding steroid dienone is 1. The number of Topliss-reactive ketones (excluding diaryl/α,β-unsaturated/α-hetero) is 1. The maximum Gasteiger partial charge on any atom is 0.293 e. The van der Waals surface area contributed by atoms with E-state index >= 15 is 0 Å². The second-order valence-corrected chi connectivity index (χ2v) is 5.01. The number of rotatable bonds is 8. The standard InChI is InChI=1S/C15H20N2O5/c1-9(2)7-12-14(16-5-6-22-4)13(17(20)21)8-11(10(3)18)15(12)19/h8,16,19H,1,5-7H2,2-4H3. The van der Waals surface area contributed by atoms with Crippen LogP contribution >= 0.6 is 0 Å². The first kappa shape index (κ1) is 17.6. The molecule has 0 fully saturated rings. The Morgan fingerprint density at radius 1 is 1.50 bits per heavy atom. The van der Waals surface area contributed by atoms with E-state index in [1.54, 1.807) is 6.92 Å². The maximum atomic E-state index is 11.6. The van der Waals surface area contributed by atoms with E-state index in [2.05, 4.69) is 11.9 Å². The molecule has 0 amide bonds. The van der Waals surface area contributed by atoms with Crippen molar-refractivity contribution < 1.29 is 19.6 Å². The van der Waals surface area contributed by atoms with Crippen LogP contribution in [0.1, 0.15) is 29.8 Å². The third kappa shape index (κ3) is 4.05. The summed E-state index contributed by atoms with van der Waals surface area (Å²) in [6.45, 7) is 7.43. The van der Waals surface area contributed by atoms with Gasteiger partial charge in [-0.25, -0.2) is 0 Å². The Morgan fingerprint density at radius 3 is 2.59 bits per heavy atom. The van der Waals surface area contributed by atoms with Gasteiger partial charge in [0.05, 0.1) is 17.1 Å². The zero-order chi connectivity index (χ0) is 16.9. The Hall–Kier alpha value is -2.41. The van der Waals surface area contributed by atoms with Gasteiger partial charge in [0.1, 0.15) is 11.4 Å². The topological polar surface area (TPSA) is 102 Å². The van der Waals surface area contributed by atoms with E-state index in [4.69, 9.17) is 4.74 Å². The molecule has 0 radical (unpaired) electrons. The Bertz CT molecular complexity index is 610. The molecule has 0 unspecified atom stereocenters. The first-order chi connectivity index (χ1) is 10.3. The first-order valence-electron chi connectivity index (χ1n) is 6.70. The van der Waals surface area contributed by atoms with Crippen LogP contribution < -0.4 is 5.32 Å². The molecule has 0 aromatic heterocycles. The van der Waals surface area contributed by atoms with Crippen molar-refractivity contribution >= 4 is 17.2 Å². The summed E-state index contributed by atoms with van der Waals surface area (Å²) in [4.78, 5) is 22.3. The maximum absolute atomic E-state index is 11.6. The van der Waals surface area contributed by atoms with E-state index < -0.39 is 10.7 Å². The van der Waals surface area contributed by atoms with Crippen molar-refractivity contribution in [3.05, 3.63) is 39.5 Å². The number of methoxy groups -OCH3 is 1. The lowest BCUT2D eigenvalue weighted by Gasteiger charge is -2.16. The average Bonchev–Trinajstić information content (AvgIpc) is 2.41. The van der Waals surface area contributed by atoms with Gasteiger partial charge in [-0.15, -0.1) is 0 Å². The van der Waals surface area contributed by atoms with Crippen LogP contribution in [0.15, 0.2) is 18.2 Å². The normalized spacial score (nSPS) is 10.3. The zero-order valence-electron chi connectivity index (χ0n) is 12.9. The van der Waals surface area contributed by atoms with E-state index in [0.717, 1.165) is 6.07 Å². The van der Waals surface area contributed by atoms with Gasteiger partial charge in [-0.1, -0.05) is 12.2 Å². The molecule has 22 heavy (non-hydrogen) atoms. The number of nitro groups is 1. The van der Waals surface area contributed by atoms with E-state index in [1.165, 1.54) is 14.0 Å². The summed E-state index contributed by atoms with van der Waals surface area (Å²) in [5.41, 5.74) is 0.867. The minimum absolute atomic E-state index is 0.0692. The van der Waals surface area contributed by atoms with Crippen molar-refractivity contribution in [1.82, 2.24) is 0 Å². The third-order valence-electron chi connectivity index (χ3n) is 3.04. The second kappa shape index (κ2) is 7.56. The number of nitro benzene ring substituents is 1. The fraction of sp³-hybridized carbons (Fsp3) is 0.400. The summed E-state index contributed by atoms with van der Waals surface area (Å²) in [6, 6.07) is 1.09. The van der Waals surface area contributed by atoms with Crippen LogP contribution in [0.2, 0.25) is 0 Å². The first-order valence-corrected chi connectivity index (χ1v) is 6.70. The number of ether oxygens (including phenoxy) is 1. The van der Waals surface area contributed by atoms with Crippen LogP contribution in [0.5, 0.6) is 5.75 Å². The summed E-state index contributed by atoms with van der Waals surface area (Å²) in [5.74, 6) is -0.687. The summed E-state index contributed by atoms with van der Waals surface area (Å²) in [7, 11) is 1.52. The second-order valence-electron chi connectivity index (χ2n) is 5.01. The molecule has 0 saturated carbocycles. The number of nitrogens with one attached hydrogen (secondary N) is 1. The van der Waals surface area contributed by atoms with Crippen LogP contribution in [0.3, 0.4) is 0 Å². The monoisotopic (exact) mass is 308 g/mol. The molecule has 0 atom stereocenters. The van der Waals surface area contributed by atoms with E-state index in [0.29, 0.717) is 24.3 Å². The van der Waals surface area contributed by atoms with E-state index in [-0.39, 0.29) is 29.1 Å². The number of aromatic hydroxyl groups is 1. The Balaban J connectivity index is 3.52. The lowest BCUT2D eigenvalue weighted by molar-refractivity contribution is -0.384. The van der Waals surface area contributed by atoms with Gasteiger partial charge in [0.15, 0.2) is 5.78 Å². The molecule has 7 heteroatoms. The van der Waals surface area contributed by atoms with Crippen molar-refractivity contribution in [3.63, 3.8) is 0 Å². The van der Waals surface area contributed by atoms with E-state index in [9.17, 15) is 20.0 Å². The molecular formula is C15H20N2O5. The molecule has 1 rings (SSSR count). The minimum Gasteiger partial charge on any atom is -0.507 e. The highest BCUT2D eigenvalue weighted by Gasteiger charge is 2.25. The number of phenolic OH excluding ortho intramolecular Hbond substituents is 1. The Kier molecular flexibility index (Phi) is 6.06. The Morgan fingerprint density at radius 2 is 2.14 bits per heavy atom. The van der Waals surface area contributed by atoms with Gasteiger partial charge in [-0.05, 0) is 20.3 Å². The molecule has 0 spiro atoms. The lowest BCUT2D eigenvalue weighted by Crippen LogP contribution is -2.13. The molecule has 2 N–H and O–H groups in total. The van der Waals surface area contributed by atoms with Crippen molar-refractivity contribution in [2.45, 2.75) is 20.3 Å². The molecule has 120 valence electrons. The van der Waals surface area contributed by atoms with Crippen molar-refractivity contribution in [2.75, 3.05) is 25.6 Å². The van der Waals surface area contributed by atoms with Gasteiger partial charge in [-0.2, -0.15) is 0 Å². The van der Waals surface area contributed by atoms with Gasteiger partial charge < -0.3 is 15.2 Å². The molecule has 0 bridgehead atoms. The zero-order valence-corrected chi connectivity index (χ0v) is 12.9. The molecule has 7 nitrogen and oxygen atoms in total. The number of nitrogens with zero attached hydrogens (tertiary/aromatic N) is 1. The number of hydrogen-bond donors (Lipinski definition) is 2.